The first-order valence-corrected chi connectivity index (χ1v) is 20.8. The van der Waals surface area contributed by atoms with Crippen LogP contribution in [-0.4, -0.2) is 142 Å². The van der Waals surface area contributed by atoms with Crippen LogP contribution < -0.4 is 0 Å². The standard InChI is InChI=1S/C43H72O14/c1-3-4-5-6-7-8-9-10-11-12-13-14-15-16-17-18-19-20-21-22-23-24-25-26-27-52-29-33(55-32(2)45)30-53-42-41(51)39(49)37(47)35(57-42)31-54-43-40(50)38(48)36(46)34(28-44)56-43/h4-5,7-8,10-11,13-14,16-17,33-44,46-51H,3,6,9,12,15,18-31H2,1-2H3/b5-4-,8-7-,11-10-,14-13-,17-16-. The van der Waals surface area contributed by atoms with E-state index in [1.807, 2.05) is 0 Å². The van der Waals surface area contributed by atoms with Gasteiger partial charge in [0.2, 0.25) is 0 Å². The van der Waals surface area contributed by atoms with Gasteiger partial charge in [0, 0.05) is 13.5 Å². The number of hydrogen-bond donors (Lipinski definition) is 7. The van der Waals surface area contributed by atoms with Crippen LogP contribution >= 0.6 is 0 Å². The van der Waals surface area contributed by atoms with Crippen LogP contribution in [0.3, 0.4) is 0 Å². The highest BCUT2D eigenvalue weighted by molar-refractivity contribution is 5.66. The lowest BCUT2D eigenvalue weighted by Crippen LogP contribution is -2.61. The highest BCUT2D eigenvalue weighted by Gasteiger charge is 2.47. The number of unbranched alkanes of at least 4 members (excludes halogenated alkanes) is 8. The Morgan fingerprint density at radius 2 is 1.05 bits per heavy atom. The predicted octanol–water partition coefficient (Wildman–Crippen LogP) is 3.84. The van der Waals surface area contributed by atoms with Crippen LogP contribution in [0.2, 0.25) is 0 Å². The molecule has 2 rings (SSSR count). The van der Waals surface area contributed by atoms with Crippen LogP contribution in [0.5, 0.6) is 0 Å². The van der Waals surface area contributed by atoms with E-state index in [-0.39, 0.29) is 13.2 Å². The van der Waals surface area contributed by atoms with Crippen molar-refractivity contribution in [2.45, 2.75) is 171 Å². The van der Waals surface area contributed by atoms with E-state index in [0.29, 0.717) is 6.61 Å². The summed E-state index contributed by atoms with van der Waals surface area (Å²) in [5.41, 5.74) is 0. The Hall–Kier alpha value is -2.31. The molecule has 57 heavy (non-hydrogen) atoms. The second-order valence-electron chi connectivity index (χ2n) is 14.5. The van der Waals surface area contributed by atoms with Crippen molar-refractivity contribution < 1.29 is 69.0 Å². The highest BCUT2D eigenvalue weighted by Crippen LogP contribution is 2.26. The fraction of sp³-hybridized carbons (Fsp3) is 0.744. The number of aliphatic hydroxyl groups is 7. The molecule has 2 fully saturated rings. The summed E-state index contributed by atoms with van der Waals surface area (Å²) in [5.74, 6) is -0.559. The van der Waals surface area contributed by atoms with Gasteiger partial charge in [-0.3, -0.25) is 4.79 Å². The number of hydrogen-bond acceptors (Lipinski definition) is 14. The normalized spacial score (nSPS) is 29.1. The molecule has 7 N–H and O–H groups in total. The quantitative estimate of drug-likeness (QED) is 0.0312. The predicted molar refractivity (Wildman–Crippen MR) is 215 cm³/mol. The molecule has 2 aliphatic rings. The minimum absolute atomic E-state index is 0.0368. The molecule has 0 radical (unpaired) electrons. The Balaban J connectivity index is 1.54. The van der Waals surface area contributed by atoms with Crippen molar-refractivity contribution in [1.29, 1.82) is 0 Å². The number of carbonyl (C=O) groups excluding carboxylic acids is 1. The number of aliphatic hydroxyl groups excluding tert-OH is 7. The van der Waals surface area contributed by atoms with Crippen molar-refractivity contribution in [2.24, 2.45) is 0 Å². The molecule has 0 amide bonds. The molecule has 14 heteroatoms. The van der Waals surface area contributed by atoms with Gasteiger partial charge in [-0.05, 0) is 51.4 Å². The summed E-state index contributed by atoms with van der Waals surface area (Å²) in [7, 11) is 0. The lowest BCUT2D eigenvalue weighted by atomic mass is 9.98. The van der Waals surface area contributed by atoms with Crippen molar-refractivity contribution >= 4 is 5.97 Å². The maximum absolute atomic E-state index is 11.7. The molecule has 11 atom stereocenters. The van der Waals surface area contributed by atoms with Crippen molar-refractivity contribution in [3.8, 4) is 0 Å². The summed E-state index contributed by atoms with van der Waals surface area (Å²) in [6, 6.07) is 0. The van der Waals surface area contributed by atoms with Crippen LogP contribution in [-0.2, 0) is 33.2 Å². The van der Waals surface area contributed by atoms with Crippen molar-refractivity contribution in [1.82, 2.24) is 0 Å². The fourth-order valence-corrected chi connectivity index (χ4v) is 6.25. The smallest absolute Gasteiger partial charge is 0.303 e. The minimum atomic E-state index is -1.70. The first kappa shape index (κ1) is 50.8. The molecule has 0 spiro atoms. The molecule has 14 nitrogen and oxygen atoms in total. The van der Waals surface area contributed by atoms with E-state index in [1.54, 1.807) is 0 Å². The van der Waals surface area contributed by atoms with Gasteiger partial charge in [0.1, 0.15) is 54.9 Å². The van der Waals surface area contributed by atoms with Gasteiger partial charge in [-0.2, -0.15) is 0 Å². The molecule has 2 saturated heterocycles. The topological polar surface area (TPSA) is 214 Å². The molecule has 0 bridgehead atoms. The van der Waals surface area contributed by atoms with E-state index in [2.05, 4.69) is 67.7 Å². The molecule has 0 saturated carbocycles. The van der Waals surface area contributed by atoms with Crippen LogP contribution in [0.25, 0.3) is 0 Å². The third kappa shape index (κ3) is 21.5. The van der Waals surface area contributed by atoms with Gasteiger partial charge in [-0.1, -0.05) is 106 Å². The SMILES string of the molecule is CC/C=C\C/C=C\C/C=C\C/C=C\C/C=C\CCCCCCCCCCOCC(COC1OC(COC2OC(CO)C(O)C(O)C2O)C(O)C(O)C1O)OC(C)=O. The van der Waals surface area contributed by atoms with Crippen LogP contribution in [0, 0.1) is 0 Å². The molecule has 0 aromatic heterocycles. The number of carbonyl (C=O) groups is 1. The third-order valence-electron chi connectivity index (χ3n) is 9.59. The Morgan fingerprint density at radius 3 is 1.60 bits per heavy atom. The lowest BCUT2D eigenvalue weighted by Gasteiger charge is -2.42. The molecule has 0 aliphatic carbocycles. The Morgan fingerprint density at radius 1 is 0.579 bits per heavy atom. The summed E-state index contributed by atoms with van der Waals surface area (Å²) in [4.78, 5) is 11.7. The molecule has 2 aliphatic heterocycles. The van der Waals surface area contributed by atoms with E-state index >= 15 is 0 Å². The zero-order valence-electron chi connectivity index (χ0n) is 34.0. The number of rotatable bonds is 30. The molecule has 328 valence electrons. The lowest BCUT2D eigenvalue weighted by molar-refractivity contribution is -0.332. The van der Waals surface area contributed by atoms with Crippen LogP contribution in [0.15, 0.2) is 60.8 Å². The monoisotopic (exact) mass is 812 g/mol. The summed E-state index contributed by atoms with van der Waals surface area (Å²) < 4.78 is 33.0. The molecule has 0 aromatic rings. The zero-order chi connectivity index (χ0) is 41.7. The zero-order valence-corrected chi connectivity index (χ0v) is 34.0. The molecular formula is C43H72O14. The number of ether oxygens (including phenoxy) is 6. The maximum Gasteiger partial charge on any atom is 0.303 e. The second kappa shape index (κ2) is 31.6. The van der Waals surface area contributed by atoms with E-state index in [9.17, 15) is 40.5 Å². The second-order valence-corrected chi connectivity index (χ2v) is 14.5. The first-order valence-electron chi connectivity index (χ1n) is 20.8. The highest BCUT2D eigenvalue weighted by atomic mass is 16.7. The van der Waals surface area contributed by atoms with Gasteiger partial charge >= 0.3 is 5.97 Å². The Labute approximate surface area is 339 Å². The Kier molecular flexibility index (Phi) is 28.2. The van der Waals surface area contributed by atoms with E-state index in [4.69, 9.17) is 28.4 Å². The summed E-state index contributed by atoms with van der Waals surface area (Å²) in [5, 5.41) is 70.9. The average Bonchev–Trinajstić information content (AvgIpc) is 3.20. The summed E-state index contributed by atoms with van der Waals surface area (Å²) in [6.45, 7) is 2.51. The van der Waals surface area contributed by atoms with Crippen LogP contribution in [0.1, 0.15) is 104 Å². The summed E-state index contributed by atoms with van der Waals surface area (Å²) >= 11 is 0. The number of allylic oxidation sites excluding steroid dienone is 10. The van der Waals surface area contributed by atoms with Gasteiger partial charge in [-0.25, -0.2) is 0 Å². The van der Waals surface area contributed by atoms with Crippen molar-refractivity contribution in [3.63, 3.8) is 0 Å². The van der Waals surface area contributed by atoms with E-state index < -0.39 is 86.7 Å². The molecular weight excluding hydrogens is 740 g/mol. The van der Waals surface area contributed by atoms with Gasteiger partial charge < -0.3 is 64.2 Å². The molecule has 2 heterocycles. The summed E-state index contributed by atoms with van der Waals surface area (Å²) in [6.07, 6.45) is 21.2. The number of esters is 1. The fourth-order valence-electron chi connectivity index (χ4n) is 6.25. The van der Waals surface area contributed by atoms with Crippen LogP contribution in [0.4, 0.5) is 0 Å². The van der Waals surface area contributed by atoms with Gasteiger partial charge in [-0.15, -0.1) is 0 Å². The maximum atomic E-state index is 11.7. The third-order valence-corrected chi connectivity index (χ3v) is 9.59. The van der Waals surface area contributed by atoms with Crippen molar-refractivity contribution in [3.05, 3.63) is 60.8 Å². The Bertz CT molecular complexity index is 1170. The van der Waals surface area contributed by atoms with Gasteiger partial charge in [0.15, 0.2) is 12.6 Å². The molecule has 11 unspecified atom stereocenters. The van der Waals surface area contributed by atoms with Gasteiger partial charge in [0.25, 0.3) is 0 Å². The van der Waals surface area contributed by atoms with E-state index in [1.165, 1.54) is 39.0 Å². The first-order chi connectivity index (χ1) is 27.6. The average molecular weight is 813 g/mol. The van der Waals surface area contributed by atoms with Crippen molar-refractivity contribution in [2.75, 3.05) is 33.0 Å². The molecule has 0 aromatic carbocycles. The largest absolute Gasteiger partial charge is 0.458 e. The van der Waals surface area contributed by atoms with E-state index in [0.717, 1.165) is 57.8 Å². The van der Waals surface area contributed by atoms with Gasteiger partial charge in [0.05, 0.1) is 26.4 Å². The minimum Gasteiger partial charge on any atom is -0.458 e.